The van der Waals surface area contributed by atoms with Gasteiger partial charge in [0.2, 0.25) is 0 Å². The Bertz CT molecular complexity index is 895. The SMILES string of the molecule is c1ccc(-c2cc3ccccc3c3ncccc23)cc1. The first-order valence-corrected chi connectivity index (χ1v) is 6.75. The van der Waals surface area contributed by atoms with Gasteiger partial charge in [-0.2, -0.15) is 0 Å². The van der Waals surface area contributed by atoms with E-state index in [0.29, 0.717) is 0 Å². The number of hydrogen-bond acceptors (Lipinski definition) is 1. The van der Waals surface area contributed by atoms with E-state index in [1.165, 1.54) is 27.3 Å². The van der Waals surface area contributed by atoms with Crippen LogP contribution in [0.3, 0.4) is 0 Å². The summed E-state index contributed by atoms with van der Waals surface area (Å²) in [7, 11) is 0. The molecule has 20 heavy (non-hydrogen) atoms. The summed E-state index contributed by atoms with van der Waals surface area (Å²) in [6, 6.07) is 25.3. The van der Waals surface area contributed by atoms with Crippen LogP contribution in [-0.4, -0.2) is 4.98 Å². The Morgan fingerprint density at radius 2 is 1.40 bits per heavy atom. The lowest BCUT2D eigenvalue weighted by Gasteiger charge is -2.09. The lowest BCUT2D eigenvalue weighted by molar-refractivity contribution is 1.43. The lowest BCUT2D eigenvalue weighted by Crippen LogP contribution is -1.86. The minimum atomic E-state index is 1.07. The van der Waals surface area contributed by atoms with Crippen molar-refractivity contribution in [2.24, 2.45) is 0 Å². The average molecular weight is 255 g/mol. The van der Waals surface area contributed by atoms with Crippen molar-refractivity contribution in [1.82, 2.24) is 4.98 Å². The third kappa shape index (κ3) is 1.68. The molecule has 0 atom stereocenters. The van der Waals surface area contributed by atoms with Crippen molar-refractivity contribution in [2.75, 3.05) is 0 Å². The molecular weight excluding hydrogens is 242 g/mol. The van der Waals surface area contributed by atoms with Crippen LogP contribution in [-0.2, 0) is 0 Å². The van der Waals surface area contributed by atoms with E-state index < -0.39 is 0 Å². The molecule has 0 aliphatic carbocycles. The Labute approximate surface area is 117 Å². The van der Waals surface area contributed by atoms with Crippen LogP contribution in [0.5, 0.6) is 0 Å². The molecule has 0 N–H and O–H groups in total. The zero-order valence-corrected chi connectivity index (χ0v) is 11.0. The fourth-order valence-electron chi connectivity index (χ4n) is 2.77. The monoisotopic (exact) mass is 255 g/mol. The smallest absolute Gasteiger partial charge is 0.0786 e. The summed E-state index contributed by atoms with van der Waals surface area (Å²) in [5, 5.41) is 3.65. The second-order valence-electron chi connectivity index (χ2n) is 4.91. The predicted octanol–water partition coefficient (Wildman–Crippen LogP) is 5.06. The van der Waals surface area contributed by atoms with Gasteiger partial charge in [0.05, 0.1) is 5.52 Å². The van der Waals surface area contributed by atoms with E-state index >= 15 is 0 Å². The van der Waals surface area contributed by atoms with Crippen LogP contribution < -0.4 is 0 Å². The number of benzene rings is 3. The average Bonchev–Trinajstić information content (AvgIpc) is 2.55. The van der Waals surface area contributed by atoms with E-state index in [2.05, 4.69) is 65.6 Å². The summed E-state index contributed by atoms with van der Waals surface area (Å²) in [4.78, 5) is 4.60. The quantitative estimate of drug-likeness (QED) is 0.433. The van der Waals surface area contributed by atoms with Gasteiger partial charge < -0.3 is 0 Å². The second-order valence-corrected chi connectivity index (χ2v) is 4.91. The fourth-order valence-corrected chi connectivity index (χ4v) is 2.77. The molecule has 4 aromatic rings. The standard InChI is InChI=1S/C19H13N/c1-2-7-14(8-3-1)18-13-15-9-4-5-10-16(15)19-17(18)11-6-12-20-19/h1-13H. The van der Waals surface area contributed by atoms with Gasteiger partial charge in [0.1, 0.15) is 0 Å². The normalized spacial score (nSPS) is 11.0. The highest BCUT2D eigenvalue weighted by Crippen LogP contribution is 2.33. The third-order valence-electron chi connectivity index (χ3n) is 3.70. The highest BCUT2D eigenvalue weighted by molar-refractivity contribution is 6.11. The summed E-state index contributed by atoms with van der Waals surface area (Å²) in [6.45, 7) is 0. The van der Waals surface area contributed by atoms with Crippen LogP contribution in [0.25, 0.3) is 32.8 Å². The molecule has 3 aromatic carbocycles. The highest BCUT2D eigenvalue weighted by atomic mass is 14.6. The molecule has 0 amide bonds. The summed E-state index contributed by atoms with van der Waals surface area (Å²) in [6.07, 6.45) is 1.86. The zero-order chi connectivity index (χ0) is 13.4. The fraction of sp³-hybridized carbons (Fsp3) is 0. The molecule has 0 fully saturated rings. The summed E-state index contributed by atoms with van der Waals surface area (Å²) >= 11 is 0. The van der Waals surface area contributed by atoms with Gasteiger partial charge in [-0.3, -0.25) is 4.98 Å². The summed E-state index contributed by atoms with van der Waals surface area (Å²) < 4.78 is 0. The molecule has 0 spiro atoms. The maximum atomic E-state index is 4.60. The van der Waals surface area contributed by atoms with Gasteiger partial charge in [-0.1, -0.05) is 60.7 Å². The van der Waals surface area contributed by atoms with E-state index in [-0.39, 0.29) is 0 Å². The van der Waals surface area contributed by atoms with Gasteiger partial charge in [0, 0.05) is 17.0 Å². The lowest BCUT2D eigenvalue weighted by atomic mass is 9.96. The third-order valence-corrected chi connectivity index (χ3v) is 3.70. The first kappa shape index (κ1) is 11.2. The molecule has 0 bridgehead atoms. The van der Waals surface area contributed by atoms with Crippen LogP contribution in [0.4, 0.5) is 0 Å². The molecule has 0 radical (unpaired) electrons. The van der Waals surface area contributed by atoms with E-state index in [1.54, 1.807) is 0 Å². The molecule has 4 rings (SSSR count). The van der Waals surface area contributed by atoms with Crippen LogP contribution in [0.2, 0.25) is 0 Å². The van der Waals surface area contributed by atoms with Crippen LogP contribution in [0.1, 0.15) is 0 Å². The van der Waals surface area contributed by atoms with Gasteiger partial charge in [-0.25, -0.2) is 0 Å². The van der Waals surface area contributed by atoms with E-state index in [4.69, 9.17) is 0 Å². The van der Waals surface area contributed by atoms with Gasteiger partial charge in [0.25, 0.3) is 0 Å². The molecule has 94 valence electrons. The van der Waals surface area contributed by atoms with Gasteiger partial charge in [-0.15, -0.1) is 0 Å². The topological polar surface area (TPSA) is 12.9 Å². The second kappa shape index (κ2) is 4.46. The van der Waals surface area contributed by atoms with Crippen LogP contribution >= 0.6 is 0 Å². The number of hydrogen-bond donors (Lipinski definition) is 0. The number of fused-ring (bicyclic) bond motifs is 3. The Morgan fingerprint density at radius 3 is 2.30 bits per heavy atom. The highest BCUT2D eigenvalue weighted by Gasteiger charge is 2.08. The number of aromatic nitrogens is 1. The minimum absolute atomic E-state index is 1.07. The first-order chi connectivity index (χ1) is 9.93. The largest absolute Gasteiger partial charge is 0.256 e. The molecule has 0 unspecified atom stereocenters. The zero-order valence-electron chi connectivity index (χ0n) is 11.0. The van der Waals surface area contributed by atoms with E-state index in [0.717, 1.165) is 5.52 Å². The Hall–Kier alpha value is -2.67. The molecule has 1 nitrogen and oxygen atoms in total. The van der Waals surface area contributed by atoms with Crippen molar-refractivity contribution >= 4 is 21.7 Å². The van der Waals surface area contributed by atoms with Gasteiger partial charge in [0.15, 0.2) is 0 Å². The summed E-state index contributed by atoms with van der Waals surface area (Å²) in [5.74, 6) is 0. The number of pyridine rings is 1. The van der Waals surface area contributed by atoms with Crippen LogP contribution in [0, 0.1) is 0 Å². The summed E-state index contributed by atoms with van der Waals surface area (Å²) in [5.41, 5.74) is 3.55. The van der Waals surface area contributed by atoms with Gasteiger partial charge in [-0.05, 0) is 28.6 Å². The number of nitrogens with zero attached hydrogens (tertiary/aromatic N) is 1. The molecule has 1 aromatic heterocycles. The molecule has 1 heterocycles. The Balaban J connectivity index is 2.19. The van der Waals surface area contributed by atoms with Crippen molar-refractivity contribution in [2.45, 2.75) is 0 Å². The molecule has 1 heteroatoms. The minimum Gasteiger partial charge on any atom is -0.256 e. The molecule has 0 saturated heterocycles. The Morgan fingerprint density at radius 1 is 0.650 bits per heavy atom. The van der Waals surface area contributed by atoms with Gasteiger partial charge >= 0.3 is 0 Å². The predicted molar refractivity (Wildman–Crippen MR) is 84.7 cm³/mol. The van der Waals surface area contributed by atoms with E-state index in [9.17, 15) is 0 Å². The van der Waals surface area contributed by atoms with Crippen molar-refractivity contribution in [3.05, 3.63) is 79.0 Å². The Kier molecular flexibility index (Phi) is 2.49. The van der Waals surface area contributed by atoms with Crippen molar-refractivity contribution in [3.63, 3.8) is 0 Å². The van der Waals surface area contributed by atoms with Crippen molar-refractivity contribution < 1.29 is 0 Å². The maximum Gasteiger partial charge on any atom is 0.0786 e. The maximum absolute atomic E-state index is 4.60. The molecule has 0 saturated carbocycles. The molecule has 0 aliphatic heterocycles. The van der Waals surface area contributed by atoms with Crippen molar-refractivity contribution in [3.8, 4) is 11.1 Å². The molecular formula is C19H13N. The first-order valence-electron chi connectivity index (χ1n) is 6.75. The van der Waals surface area contributed by atoms with Crippen molar-refractivity contribution in [1.29, 1.82) is 0 Å². The number of rotatable bonds is 1. The van der Waals surface area contributed by atoms with E-state index in [1.807, 2.05) is 18.3 Å². The van der Waals surface area contributed by atoms with Crippen LogP contribution in [0.15, 0.2) is 79.0 Å². The molecule has 0 aliphatic rings.